The molecule has 0 aromatic carbocycles. The van der Waals surface area contributed by atoms with E-state index in [0.29, 0.717) is 11.3 Å². The first-order valence-electron chi connectivity index (χ1n) is 6.27. The Hall–Kier alpha value is -1.84. The molecule has 0 fully saturated rings. The lowest BCUT2D eigenvalue weighted by Crippen LogP contribution is -2.33. The van der Waals surface area contributed by atoms with Gasteiger partial charge in [-0.15, -0.1) is 11.3 Å². The van der Waals surface area contributed by atoms with Crippen LogP contribution >= 0.6 is 11.3 Å². The Bertz CT molecular complexity index is 538. The van der Waals surface area contributed by atoms with Crippen LogP contribution in [0, 0.1) is 0 Å². The van der Waals surface area contributed by atoms with Crippen molar-refractivity contribution in [2.24, 2.45) is 0 Å². The van der Waals surface area contributed by atoms with E-state index >= 15 is 0 Å². The van der Waals surface area contributed by atoms with Crippen molar-refractivity contribution < 1.29 is 27.5 Å². The molecule has 0 aliphatic rings. The molecular weight excluding hydrogens is 323 g/mol. The van der Waals surface area contributed by atoms with Crippen LogP contribution in [0.3, 0.4) is 0 Å². The fourth-order valence-electron chi connectivity index (χ4n) is 1.25. The first kappa shape index (κ1) is 18.2. The zero-order chi connectivity index (χ0) is 17.0. The molecular formula is C12H16F3N3O3S. The van der Waals surface area contributed by atoms with Gasteiger partial charge >= 0.3 is 18.2 Å². The normalized spacial score (nSPS) is 11.9. The molecule has 2 N–H and O–H groups in total. The van der Waals surface area contributed by atoms with E-state index in [1.54, 1.807) is 26.1 Å². The predicted octanol–water partition coefficient (Wildman–Crippen LogP) is 2.71. The Morgan fingerprint density at radius 3 is 2.50 bits per heavy atom. The van der Waals surface area contributed by atoms with E-state index in [2.05, 4.69) is 10.3 Å². The van der Waals surface area contributed by atoms with Gasteiger partial charge < -0.3 is 10.1 Å². The van der Waals surface area contributed by atoms with Gasteiger partial charge in [0.15, 0.2) is 5.13 Å². The molecule has 1 aromatic heterocycles. The SMILES string of the molecule is CC(C)(C)OC(=O)NCCc1cnc(NC(=O)C(F)(F)F)s1. The van der Waals surface area contributed by atoms with Crippen LogP contribution in [0.15, 0.2) is 6.20 Å². The fourth-order valence-corrected chi connectivity index (χ4v) is 2.06. The zero-order valence-electron chi connectivity index (χ0n) is 12.2. The lowest BCUT2D eigenvalue weighted by atomic mass is 10.2. The standard InChI is InChI=1S/C12H16F3N3O3S/c1-11(2,3)21-10(20)16-5-4-7-6-17-9(22-7)18-8(19)12(13,14)15/h6H,4-5H2,1-3H3,(H,16,20)(H,17,18,19). The summed E-state index contributed by atoms with van der Waals surface area (Å²) in [6.07, 6.45) is -3.83. The summed E-state index contributed by atoms with van der Waals surface area (Å²) in [6.45, 7) is 5.42. The van der Waals surface area contributed by atoms with Gasteiger partial charge in [-0.25, -0.2) is 9.78 Å². The van der Waals surface area contributed by atoms with E-state index < -0.39 is 23.8 Å². The molecule has 0 saturated carbocycles. The number of halogens is 3. The highest BCUT2D eigenvalue weighted by atomic mass is 32.1. The molecule has 0 aliphatic carbocycles. The highest BCUT2D eigenvalue weighted by molar-refractivity contribution is 7.15. The van der Waals surface area contributed by atoms with Crippen molar-refractivity contribution >= 4 is 28.5 Å². The number of rotatable bonds is 4. The van der Waals surface area contributed by atoms with Crippen molar-refractivity contribution in [3.05, 3.63) is 11.1 Å². The third-order valence-corrected chi connectivity index (χ3v) is 3.04. The van der Waals surface area contributed by atoms with Crippen LogP contribution in [-0.4, -0.2) is 35.3 Å². The Balaban J connectivity index is 2.40. The molecule has 1 aromatic rings. The van der Waals surface area contributed by atoms with E-state index in [4.69, 9.17) is 4.74 Å². The van der Waals surface area contributed by atoms with Crippen LogP contribution in [0.25, 0.3) is 0 Å². The summed E-state index contributed by atoms with van der Waals surface area (Å²) in [6, 6.07) is 0. The van der Waals surface area contributed by atoms with Crippen molar-refractivity contribution in [2.45, 2.75) is 39.0 Å². The molecule has 0 bridgehead atoms. The number of alkyl carbamates (subject to hydrolysis) is 1. The Morgan fingerprint density at radius 1 is 1.32 bits per heavy atom. The number of carbonyl (C=O) groups is 2. The number of ether oxygens (including phenoxy) is 1. The number of nitrogens with one attached hydrogen (secondary N) is 2. The summed E-state index contributed by atoms with van der Waals surface area (Å²) in [5.74, 6) is -2.07. The molecule has 0 saturated heterocycles. The second kappa shape index (κ2) is 6.95. The van der Waals surface area contributed by atoms with Gasteiger partial charge in [-0.2, -0.15) is 13.2 Å². The molecule has 0 aliphatic heterocycles. The number of carbonyl (C=O) groups excluding carboxylic acids is 2. The van der Waals surface area contributed by atoms with Gasteiger partial charge in [0.25, 0.3) is 0 Å². The minimum absolute atomic E-state index is 0.144. The molecule has 1 rings (SSSR count). The molecule has 0 radical (unpaired) electrons. The minimum atomic E-state index is -4.95. The highest BCUT2D eigenvalue weighted by Crippen LogP contribution is 2.22. The van der Waals surface area contributed by atoms with E-state index in [9.17, 15) is 22.8 Å². The van der Waals surface area contributed by atoms with E-state index in [0.717, 1.165) is 11.3 Å². The predicted molar refractivity (Wildman–Crippen MR) is 74.7 cm³/mol. The monoisotopic (exact) mass is 339 g/mol. The van der Waals surface area contributed by atoms with Crippen LogP contribution in [0.4, 0.5) is 23.1 Å². The molecule has 0 atom stereocenters. The second-order valence-corrected chi connectivity index (χ2v) is 6.38. The number of amides is 2. The first-order chi connectivity index (χ1) is 9.97. The first-order valence-corrected chi connectivity index (χ1v) is 7.09. The number of aromatic nitrogens is 1. The largest absolute Gasteiger partial charge is 0.471 e. The van der Waals surface area contributed by atoms with Crippen molar-refractivity contribution in [2.75, 3.05) is 11.9 Å². The van der Waals surface area contributed by atoms with Crippen molar-refractivity contribution in [3.8, 4) is 0 Å². The van der Waals surface area contributed by atoms with E-state index in [-0.39, 0.29) is 11.7 Å². The third kappa shape index (κ3) is 6.74. The van der Waals surface area contributed by atoms with Gasteiger partial charge in [0, 0.05) is 24.0 Å². The molecule has 22 heavy (non-hydrogen) atoms. The van der Waals surface area contributed by atoms with Crippen molar-refractivity contribution in [3.63, 3.8) is 0 Å². The van der Waals surface area contributed by atoms with E-state index in [1.807, 2.05) is 0 Å². The van der Waals surface area contributed by atoms with Gasteiger partial charge in [-0.3, -0.25) is 10.1 Å². The maximum atomic E-state index is 12.1. The molecule has 6 nitrogen and oxygen atoms in total. The summed E-state index contributed by atoms with van der Waals surface area (Å²) < 4.78 is 41.2. The Morgan fingerprint density at radius 2 is 1.95 bits per heavy atom. The number of nitrogens with zero attached hydrogens (tertiary/aromatic N) is 1. The van der Waals surface area contributed by atoms with Crippen molar-refractivity contribution in [1.29, 1.82) is 0 Å². The topological polar surface area (TPSA) is 80.3 Å². The summed E-state index contributed by atoms with van der Waals surface area (Å²) in [5, 5.41) is 4.03. The molecule has 10 heteroatoms. The maximum Gasteiger partial charge on any atom is 0.471 e. The lowest BCUT2D eigenvalue weighted by Gasteiger charge is -2.19. The summed E-state index contributed by atoms with van der Waals surface area (Å²) >= 11 is 0.907. The highest BCUT2D eigenvalue weighted by Gasteiger charge is 2.39. The van der Waals surface area contributed by atoms with Crippen LogP contribution in [0.1, 0.15) is 25.6 Å². The fraction of sp³-hybridized carbons (Fsp3) is 0.583. The smallest absolute Gasteiger partial charge is 0.444 e. The second-order valence-electron chi connectivity index (χ2n) is 5.26. The van der Waals surface area contributed by atoms with Gasteiger partial charge in [-0.05, 0) is 20.8 Å². The molecule has 2 amide bonds. The van der Waals surface area contributed by atoms with Crippen LogP contribution in [0.2, 0.25) is 0 Å². The summed E-state index contributed by atoms with van der Waals surface area (Å²) in [7, 11) is 0. The average Bonchev–Trinajstić information content (AvgIpc) is 2.73. The van der Waals surface area contributed by atoms with Gasteiger partial charge in [0.1, 0.15) is 5.60 Å². The quantitative estimate of drug-likeness (QED) is 0.884. The molecule has 0 spiro atoms. The molecule has 1 heterocycles. The van der Waals surface area contributed by atoms with Crippen LogP contribution < -0.4 is 10.6 Å². The third-order valence-electron chi connectivity index (χ3n) is 2.07. The van der Waals surface area contributed by atoms with Gasteiger partial charge in [0.2, 0.25) is 0 Å². The Kier molecular flexibility index (Phi) is 5.75. The minimum Gasteiger partial charge on any atom is -0.444 e. The number of hydrogen-bond acceptors (Lipinski definition) is 5. The number of alkyl halides is 3. The van der Waals surface area contributed by atoms with Gasteiger partial charge in [-0.1, -0.05) is 0 Å². The Labute approximate surface area is 129 Å². The van der Waals surface area contributed by atoms with Crippen molar-refractivity contribution in [1.82, 2.24) is 10.3 Å². The van der Waals surface area contributed by atoms with Crippen LogP contribution in [0.5, 0.6) is 0 Å². The number of thiazole rings is 1. The summed E-state index contributed by atoms with van der Waals surface area (Å²) in [5.41, 5.74) is -0.608. The van der Waals surface area contributed by atoms with Gasteiger partial charge in [0.05, 0.1) is 0 Å². The van der Waals surface area contributed by atoms with E-state index in [1.165, 1.54) is 6.20 Å². The lowest BCUT2D eigenvalue weighted by molar-refractivity contribution is -0.167. The molecule has 0 unspecified atom stereocenters. The number of anilines is 1. The number of hydrogen-bond donors (Lipinski definition) is 2. The molecule has 124 valence electrons. The summed E-state index contributed by atoms with van der Waals surface area (Å²) in [4.78, 5) is 26.4. The average molecular weight is 339 g/mol. The van der Waals surface area contributed by atoms with Crippen LogP contribution in [-0.2, 0) is 16.0 Å². The maximum absolute atomic E-state index is 12.1. The zero-order valence-corrected chi connectivity index (χ0v) is 13.0.